The number of aryl methyl sites for hydroxylation is 1. The maximum Gasteiger partial charge on any atom is 0.0622 e. The van der Waals surface area contributed by atoms with Crippen molar-refractivity contribution in [2.24, 2.45) is 5.92 Å². The first-order valence-corrected chi connectivity index (χ1v) is 6.99. The summed E-state index contributed by atoms with van der Waals surface area (Å²) in [6.45, 7) is 12.0. The molecule has 1 aromatic rings. The molecule has 0 saturated heterocycles. The number of rotatable bonds is 9. The van der Waals surface area contributed by atoms with Crippen LogP contribution in [0.4, 0.5) is 0 Å². The summed E-state index contributed by atoms with van der Waals surface area (Å²) in [6.07, 6.45) is 5.18. The van der Waals surface area contributed by atoms with Crippen LogP contribution in [0.5, 0.6) is 0 Å². The lowest BCUT2D eigenvalue weighted by atomic mass is 10.1. The molecule has 1 atom stereocenters. The quantitative estimate of drug-likeness (QED) is 0.734. The molecule has 0 amide bonds. The van der Waals surface area contributed by atoms with E-state index in [1.165, 1.54) is 5.56 Å². The Balaban J connectivity index is 2.40. The first kappa shape index (κ1) is 15.2. The highest BCUT2D eigenvalue weighted by Crippen LogP contribution is 2.05. The van der Waals surface area contributed by atoms with Crippen LogP contribution in [0.2, 0.25) is 0 Å². The number of aromatic nitrogens is 2. The van der Waals surface area contributed by atoms with Gasteiger partial charge in [-0.15, -0.1) is 0 Å². The minimum absolute atomic E-state index is 0.402. The number of hydrogen-bond donors (Lipinski definition) is 1. The summed E-state index contributed by atoms with van der Waals surface area (Å²) in [5, 5.41) is 7.88. The Morgan fingerprint density at radius 2 is 2.17 bits per heavy atom. The van der Waals surface area contributed by atoms with Crippen molar-refractivity contribution in [3.8, 4) is 0 Å². The third-order valence-corrected chi connectivity index (χ3v) is 3.01. The lowest BCUT2D eigenvalue weighted by Gasteiger charge is -2.21. The van der Waals surface area contributed by atoms with Crippen molar-refractivity contribution in [2.75, 3.05) is 13.2 Å². The lowest BCUT2D eigenvalue weighted by Crippen LogP contribution is -2.37. The van der Waals surface area contributed by atoms with E-state index < -0.39 is 0 Å². The van der Waals surface area contributed by atoms with E-state index in [9.17, 15) is 0 Å². The maximum atomic E-state index is 5.51. The highest BCUT2D eigenvalue weighted by Gasteiger charge is 2.12. The van der Waals surface area contributed by atoms with Crippen molar-refractivity contribution >= 4 is 0 Å². The van der Waals surface area contributed by atoms with Crippen molar-refractivity contribution in [1.29, 1.82) is 0 Å². The van der Waals surface area contributed by atoms with E-state index >= 15 is 0 Å². The smallest absolute Gasteiger partial charge is 0.0622 e. The third-order valence-electron chi connectivity index (χ3n) is 3.01. The number of nitrogens with one attached hydrogen (secondary N) is 1. The number of nitrogens with zero attached hydrogens (tertiary/aromatic N) is 2. The predicted molar refractivity (Wildman–Crippen MR) is 74.5 cm³/mol. The van der Waals surface area contributed by atoms with Crippen molar-refractivity contribution in [1.82, 2.24) is 15.1 Å². The Hall–Kier alpha value is -0.870. The molecule has 4 heteroatoms. The van der Waals surface area contributed by atoms with Crippen LogP contribution >= 0.6 is 0 Å². The molecular formula is C14H27N3O. The Morgan fingerprint density at radius 3 is 2.78 bits per heavy atom. The molecule has 1 unspecified atom stereocenters. The van der Waals surface area contributed by atoms with Crippen molar-refractivity contribution in [3.05, 3.63) is 18.0 Å². The normalized spacial score (nSPS) is 13.2. The highest BCUT2D eigenvalue weighted by atomic mass is 16.5. The summed E-state index contributed by atoms with van der Waals surface area (Å²) in [7, 11) is 0. The van der Waals surface area contributed by atoms with Gasteiger partial charge < -0.3 is 10.1 Å². The molecule has 0 aliphatic carbocycles. The van der Waals surface area contributed by atoms with Gasteiger partial charge in [-0.3, -0.25) is 4.68 Å². The molecule has 18 heavy (non-hydrogen) atoms. The van der Waals surface area contributed by atoms with Gasteiger partial charge in [0, 0.05) is 37.5 Å². The van der Waals surface area contributed by atoms with E-state index in [-0.39, 0.29) is 0 Å². The van der Waals surface area contributed by atoms with Gasteiger partial charge in [0.15, 0.2) is 0 Å². The van der Waals surface area contributed by atoms with Gasteiger partial charge in [-0.05, 0) is 19.3 Å². The fraction of sp³-hybridized carbons (Fsp3) is 0.786. The van der Waals surface area contributed by atoms with Gasteiger partial charge in [-0.25, -0.2) is 0 Å². The molecule has 0 saturated carbocycles. The average Bonchev–Trinajstić information content (AvgIpc) is 2.77. The zero-order valence-corrected chi connectivity index (χ0v) is 12.1. The molecule has 0 bridgehead atoms. The van der Waals surface area contributed by atoms with Gasteiger partial charge in [-0.1, -0.05) is 20.8 Å². The molecule has 0 aromatic carbocycles. The summed E-state index contributed by atoms with van der Waals surface area (Å²) >= 11 is 0. The van der Waals surface area contributed by atoms with Crippen molar-refractivity contribution < 1.29 is 4.74 Å². The topological polar surface area (TPSA) is 39.1 Å². The molecule has 0 fully saturated rings. The maximum absolute atomic E-state index is 5.51. The fourth-order valence-electron chi connectivity index (χ4n) is 1.83. The monoisotopic (exact) mass is 253 g/mol. The van der Waals surface area contributed by atoms with Gasteiger partial charge in [0.25, 0.3) is 0 Å². The van der Waals surface area contributed by atoms with E-state index in [1.54, 1.807) is 0 Å². The molecule has 4 nitrogen and oxygen atoms in total. The first-order chi connectivity index (χ1) is 8.67. The molecule has 1 N–H and O–H groups in total. The Kier molecular flexibility index (Phi) is 6.98. The summed E-state index contributed by atoms with van der Waals surface area (Å²) in [5.74, 6) is 0.572. The average molecular weight is 253 g/mol. The second-order valence-electron chi connectivity index (χ2n) is 5.00. The zero-order chi connectivity index (χ0) is 13.4. The van der Waals surface area contributed by atoms with Crippen LogP contribution in [0.1, 0.15) is 39.7 Å². The second kappa shape index (κ2) is 8.27. The van der Waals surface area contributed by atoms with Gasteiger partial charge >= 0.3 is 0 Å². The molecule has 1 aromatic heterocycles. The minimum atomic E-state index is 0.402. The molecular weight excluding hydrogens is 226 g/mol. The van der Waals surface area contributed by atoms with Crippen LogP contribution in [-0.2, 0) is 17.8 Å². The van der Waals surface area contributed by atoms with Gasteiger partial charge in [0.1, 0.15) is 0 Å². The van der Waals surface area contributed by atoms with Crippen LogP contribution < -0.4 is 5.32 Å². The molecule has 1 heterocycles. The highest BCUT2D eigenvalue weighted by molar-refractivity contribution is 5.03. The predicted octanol–water partition coefficient (Wildman–Crippen LogP) is 2.44. The van der Waals surface area contributed by atoms with Crippen molar-refractivity contribution in [3.63, 3.8) is 0 Å². The molecule has 0 spiro atoms. The van der Waals surface area contributed by atoms with E-state index in [0.717, 1.165) is 32.7 Å². The summed E-state index contributed by atoms with van der Waals surface area (Å²) in [6, 6.07) is 0.402. The van der Waals surface area contributed by atoms with Crippen LogP contribution in [0.25, 0.3) is 0 Å². The lowest BCUT2D eigenvalue weighted by molar-refractivity contribution is 0.108. The van der Waals surface area contributed by atoms with Gasteiger partial charge in [0.05, 0.1) is 12.8 Å². The molecule has 0 aliphatic rings. The third kappa shape index (κ3) is 5.19. The largest absolute Gasteiger partial charge is 0.380 e. The first-order valence-electron chi connectivity index (χ1n) is 6.99. The van der Waals surface area contributed by atoms with Gasteiger partial charge in [-0.2, -0.15) is 5.10 Å². The van der Waals surface area contributed by atoms with Crippen LogP contribution in [-0.4, -0.2) is 29.0 Å². The second-order valence-corrected chi connectivity index (χ2v) is 5.00. The Labute approximate surface area is 111 Å². The van der Waals surface area contributed by atoms with Crippen LogP contribution in [0.15, 0.2) is 12.4 Å². The number of ether oxygens (including phenoxy) is 1. The minimum Gasteiger partial charge on any atom is -0.380 e. The zero-order valence-electron chi connectivity index (χ0n) is 12.1. The SMILES string of the molecule is CCCn1cc(CNC(COCC)C(C)C)cn1. The molecule has 1 rings (SSSR count). The summed E-state index contributed by atoms with van der Waals surface area (Å²) in [4.78, 5) is 0. The van der Waals surface area contributed by atoms with Crippen molar-refractivity contribution in [2.45, 2.75) is 53.2 Å². The molecule has 104 valence electrons. The molecule has 0 radical (unpaired) electrons. The number of hydrogen-bond acceptors (Lipinski definition) is 3. The Bertz CT molecular complexity index is 323. The van der Waals surface area contributed by atoms with E-state index in [4.69, 9.17) is 4.74 Å². The summed E-state index contributed by atoms with van der Waals surface area (Å²) in [5.41, 5.74) is 1.24. The molecule has 0 aliphatic heterocycles. The fourth-order valence-corrected chi connectivity index (χ4v) is 1.83. The van der Waals surface area contributed by atoms with E-state index in [2.05, 4.69) is 37.4 Å². The van der Waals surface area contributed by atoms with E-state index in [0.29, 0.717) is 12.0 Å². The summed E-state index contributed by atoms with van der Waals surface area (Å²) < 4.78 is 7.51. The van der Waals surface area contributed by atoms with Crippen LogP contribution in [0.3, 0.4) is 0 Å². The Morgan fingerprint density at radius 1 is 1.39 bits per heavy atom. The van der Waals surface area contributed by atoms with Gasteiger partial charge in [0.2, 0.25) is 0 Å². The van der Waals surface area contributed by atoms with E-state index in [1.807, 2.05) is 17.8 Å². The van der Waals surface area contributed by atoms with Crippen LogP contribution in [0, 0.1) is 5.92 Å². The standard InChI is InChI=1S/C14H27N3O/c1-5-7-17-10-13(9-16-17)8-15-14(12(3)4)11-18-6-2/h9-10,12,14-15H,5-8,11H2,1-4H3.